The Morgan fingerprint density at radius 1 is 1.30 bits per heavy atom. The van der Waals surface area contributed by atoms with Crippen LogP contribution in [0.15, 0.2) is 52.3 Å². The number of aliphatic hydroxyl groups excluding tert-OH is 1. The van der Waals surface area contributed by atoms with Crippen LogP contribution in [0.2, 0.25) is 0 Å². The van der Waals surface area contributed by atoms with E-state index in [4.69, 9.17) is 4.74 Å². The predicted octanol–water partition coefficient (Wildman–Crippen LogP) is 0.625. The van der Waals surface area contributed by atoms with Crippen LogP contribution in [0.25, 0.3) is 11.3 Å². The van der Waals surface area contributed by atoms with Crippen LogP contribution in [0.4, 0.5) is 0 Å². The molecule has 0 spiro atoms. The Morgan fingerprint density at radius 3 is 2.81 bits per heavy atom. The molecule has 9 nitrogen and oxygen atoms in total. The number of aromatic amines is 1. The first-order valence-electron chi connectivity index (χ1n) is 8.62. The molecule has 140 valence electrons. The molecule has 3 atom stereocenters. The predicted molar refractivity (Wildman–Crippen MR) is 96.2 cm³/mol. The Balaban J connectivity index is 1.70. The van der Waals surface area contributed by atoms with Crippen molar-refractivity contribution in [2.75, 3.05) is 6.61 Å². The van der Waals surface area contributed by atoms with E-state index in [9.17, 15) is 14.7 Å². The van der Waals surface area contributed by atoms with Crippen molar-refractivity contribution in [1.82, 2.24) is 24.5 Å². The van der Waals surface area contributed by atoms with Crippen molar-refractivity contribution >= 4 is 0 Å². The van der Waals surface area contributed by atoms with Gasteiger partial charge in [0, 0.05) is 23.7 Å². The van der Waals surface area contributed by atoms with Gasteiger partial charge in [0.2, 0.25) is 0 Å². The van der Waals surface area contributed by atoms with Crippen LogP contribution in [0.1, 0.15) is 24.3 Å². The fourth-order valence-electron chi connectivity index (χ4n) is 3.41. The second kappa shape index (κ2) is 6.93. The van der Waals surface area contributed by atoms with Crippen LogP contribution in [-0.4, -0.2) is 42.4 Å². The van der Waals surface area contributed by atoms with E-state index in [0.717, 1.165) is 11.3 Å². The molecule has 9 heteroatoms. The molecule has 1 aliphatic rings. The first-order chi connectivity index (χ1) is 13.1. The topological polar surface area (TPSA) is 115 Å². The summed E-state index contributed by atoms with van der Waals surface area (Å²) in [6, 6.07) is 9.36. The maximum absolute atomic E-state index is 12.2. The van der Waals surface area contributed by atoms with Crippen LogP contribution in [0.5, 0.6) is 0 Å². The largest absolute Gasteiger partial charge is 0.394 e. The van der Waals surface area contributed by atoms with E-state index in [1.807, 2.05) is 30.3 Å². The Bertz CT molecular complexity index is 1060. The molecule has 1 unspecified atom stereocenters. The summed E-state index contributed by atoms with van der Waals surface area (Å²) in [6.45, 7) is 1.39. The molecule has 4 rings (SSSR count). The van der Waals surface area contributed by atoms with Gasteiger partial charge in [-0.1, -0.05) is 35.5 Å². The Kier molecular flexibility index (Phi) is 4.46. The van der Waals surface area contributed by atoms with Crippen LogP contribution < -0.4 is 11.2 Å². The lowest BCUT2D eigenvalue weighted by Crippen LogP contribution is -2.33. The SMILES string of the molecule is Cc1cn([C@H]2C[C@H](n3nncc3-c3ccccc3)C(CO)O2)c(=O)[nH]c1=O. The Labute approximate surface area is 153 Å². The molecule has 2 aromatic heterocycles. The molecule has 27 heavy (non-hydrogen) atoms. The standard InChI is InChI=1S/C18H19N5O4/c1-11-9-22(18(26)20-17(11)25)16-7-13(15(10-24)27-16)23-14(8-19-21-23)12-5-3-2-4-6-12/h2-6,8-9,13,15-16,24H,7,10H2,1H3,(H,20,25,26)/t13-,15?,16+/m0/s1. The second-order valence-electron chi connectivity index (χ2n) is 6.52. The Morgan fingerprint density at radius 2 is 2.07 bits per heavy atom. The third-order valence-corrected chi connectivity index (χ3v) is 4.80. The van der Waals surface area contributed by atoms with Gasteiger partial charge in [-0.25, -0.2) is 9.48 Å². The molecule has 3 heterocycles. The van der Waals surface area contributed by atoms with E-state index in [1.165, 1.54) is 10.8 Å². The third kappa shape index (κ3) is 3.11. The van der Waals surface area contributed by atoms with Gasteiger partial charge >= 0.3 is 5.69 Å². The van der Waals surface area contributed by atoms with Crippen molar-refractivity contribution < 1.29 is 9.84 Å². The van der Waals surface area contributed by atoms with Gasteiger partial charge in [-0.15, -0.1) is 5.10 Å². The zero-order chi connectivity index (χ0) is 19.0. The number of rotatable bonds is 4. The Hall–Kier alpha value is -3.04. The van der Waals surface area contributed by atoms with Gasteiger partial charge < -0.3 is 9.84 Å². The van der Waals surface area contributed by atoms with E-state index < -0.39 is 23.6 Å². The smallest absolute Gasteiger partial charge is 0.330 e. The number of benzene rings is 1. The molecule has 1 aromatic carbocycles. The lowest BCUT2D eigenvalue weighted by molar-refractivity contribution is -0.0322. The van der Waals surface area contributed by atoms with E-state index in [0.29, 0.717) is 12.0 Å². The lowest BCUT2D eigenvalue weighted by Gasteiger charge is -2.18. The van der Waals surface area contributed by atoms with Crippen molar-refractivity contribution in [3.8, 4) is 11.3 Å². The number of hydrogen-bond donors (Lipinski definition) is 2. The van der Waals surface area contributed by atoms with Gasteiger partial charge in [-0.3, -0.25) is 14.3 Å². The molecule has 2 N–H and O–H groups in total. The molecular weight excluding hydrogens is 350 g/mol. The second-order valence-corrected chi connectivity index (χ2v) is 6.52. The summed E-state index contributed by atoms with van der Waals surface area (Å²) in [7, 11) is 0. The van der Waals surface area contributed by atoms with Crippen LogP contribution in [0.3, 0.4) is 0 Å². The molecule has 1 saturated heterocycles. The highest BCUT2D eigenvalue weighted by molar-refractivity contribution is 5.58. The first-order valence-corrected chi connectivity index (χ1v) is 8.62. The number of nitrogens with zero attached hydrogens (tertiary/aromatic N) is 4. The van der Waals surface area contributed by atoms with E-state index >= 15 is 0 Å². The van der Waals surface area contributed by atoms with Gasteiger partial charge in [-0.2, -0.15) is 0 Å². The third-order valence-electron chi connectivity index (χ3n) is 4.80. The fourth-order valence-corrected chi connectivity index (χ4v) is 3.41. The zero-order valence-electron chi connectivity index (χ0n) is 14.6. The van der Waals surface area contributed by atoms with Crippen LogP contribution in [-0.2, 0) is 4.74 Å². The molecule has 0 bridgehead atoms. The lowest BCUT2D eigenvalue weighted by atomic mass is 10.1. The summed E-state index contributed by atoms with van der Waals surface area (Å²) < 4.78 is 8.97. The molecule has 1 aliphatic heterocycles. The average Bonchev–Trinajstić information content (AvgIpc) is 3.31. The summed E-state index contributed by atoms with van der Waals surface area (Å²) in [5, 5.41) is 18.0. The highest BCUT2D eigenvalue weighted by Crippen LogP contribution is 2.37. The van der Waals surface area contributed by atoms with Crippen molar-refractivity contribution in [2.24, 2.45) is 0 Å². The normalized spacial score (nSPS) is 22.2. The molecule has 0 amide bonds. The maximum Gasteiger partial charge on any atom is 0.330 e. The summed E-state index contributed by atoms with van der Waals surface area (Å²) in [5.74, 6) is 0. The minimum Gasteiger partial charge on any atom is -0.394 e. The van der Waals surface area contributed by atoms with Gasteiger partial charge in [0.05, 0.1) is 24.5 Å². The minimum atomic E-state index is -0.622. The number of aliphatic hydroxyl groups is 1. The number of hydrogen-bond acceptors (Lipinski definition) is 6. The molecule has 0 aliphatic carbocycles. The summed E-state index contributed by atoms with van der Waals surface area (Å²) in [5.41, 5.74) is 1.18. The zero-order valence-corrected chi connectivity index (χ0v) is 14.6. The fraction of sp³-hybridized carbons (Fsp3) is 0.333. The molecule has 3 aromatic rings. The quantitative estimate of drug-likeness (QED) is 0.697. The average molecular weight is 369 g/mol. The highest BCUT2D eigenvalue weighted by Gasteiger charge is 2.39. The molecular formula is C18H19N5O4. The van der Waals surface area contributed by atoms with Gasteiger partial charge in [0.15, 0.2) is 0 Å². The summed E-state index contributed by atoms with van der Waals surface area (Å²) in [4.78, 5) is 26.1. The van der Waals surface area contributed by atoms with E-state index in [1.54, 1.807) is 17.8 Å². The number of nitrogens with one attached hydrogen (secondary N) is 1. The number of aryl methyl sites for hydroxylation is 1. The monoisotopic (exact) mass is 369 g/mol. The van der Waals surface area contributed by atoms with Crippen molar-refractivity contribution in [1.29, 1.82) is 0 Å². The summed E-state index contributed by atoms with van der Waals surface area (Å²) in [6.07, 6.45) is 2.36. The van der Waals surface area contributed by atoms with Crippen LogP contribution in [0, 0.1) is 6.92 Å². The molecule has 0 saturated carbocycles. The van der Waals surface area contributed by atoms with E-state index in [-0.39, 0.29) is 12.6 Å². The van der Waals surface area contributed by atoms with E-state index in [2.05, 4.69) is 15.3 Å². The molecule has 0 radical (unpaired) electrons. The number of H-pyrrole nitrogens is 1. The molecule has 1 fully saturated rings. The summed E-state index contributed by atoms with van der Waals surface area (Å²) >= 11 is 0. The van der Waals surface area contributed by atoms with Gasteiger partial charge in [-0.05, 0) is 6.92 Å². The number of ether oxygens (including phenoxy) is 1. The first kappa shape index (κ1) is 17.4. The van der Waals surface area contributed by atoms with Gasteiger partial charge in [0.1, 0.15) is 12.3 Å². The number of aromatic nitrogens is 5. The van der Waals surface area contributed by atoms with Crippen LogP contribution >= 0.6 is 0 Å². The van der Waals surface area contributed by atoms with Crippen molar-refractivity contribution in [3.63, 3.8) is 0 Å². The highest BCUT2D eigenvalue weighted by atomic mass is 16.5. The van der Waals surface area contributed by atoms with Gasteiger partial charge in [0.25, 0.3) is 5.56 Å². The minimum absolute atomic E-state index is 0.230. The van der Waals surface area contributed by atoms with Crippen molar-refractivity contribution in [2.45, 2.75) is 31.7 Å². The van der Waals surface area contributed by atoms with Crippen molar-refractivity contribution in [3.05, 3.63) is 69.1 Å². The maximum atomic E-state index is 12.2.